The van der Waals surface area contributed by atoms with Gasteiger partial charge in [-0.3, -0.25) is 14.6 Å². The lowest BCUT2D eigenvalue weighted by atomic mass is 9.85. The molecule has 2 amide bonds. The lowest BCUT2D eigenvalue weighted by Crippen LogP contribution is -2.45. The maximum Gasteiger partial charge on any atom is 0.268 e. The van der Waals surface area contributed by atoms with Gasteiger partial charge in [-0.15, -0.1) is 0 Å². The maximum atomic E-state index is 14.7. The number of aliphatic hydroxyl groups is 1. The van der Waals surface area contributed by atoms with Gasteiger partial charge < -0.3 is 15.3 Å². The highest BCUT2D eigenvalue weighted by molar-refractivity contribution is 6.30. The molecule has 1 unspecified atom stereocenters. The first kappa shape index (κ1) is 25.3. The summed E-state index contributed by atoms with van der Waals surface area (Å²) in [7, 11) is 0. The van der Waals surface area contributed by atoms with Crippen molar-refractivity contribution in [2.24, 2.45) is 5.92 Å². The number of aromatic nitrogens is 1. The maximum absolute atomic E-state index is 14.7. The normalized spacial score (nSPS) is 23.2. The third-order valence-electron chi connectivity index (χ3n) is 7.38. The molecule has 0 bridgehead atoms. The quantitative estimate of drug-likeness (QED) is 0.497. The standard InChI is InChI=1S/C28H26ClF2N3O3/c1-16-21(12-18(29)14-32-16)26(35)33-20-9-6-17(7-10-20)15-34-25-5-3-2-4-22(25)28(37,27(34)36)23-13-19(30)8-11-24(23)31/h2-5,8,11-14,17,20,37H,6-7,9-10,15H2,1H3,(H,33,35)/t17-,20-,28?. The van der Waals surface area contributed by atoms with Crippen molar-refractivity contribution in [3.05, 3.63) is 93.8 Å². The van der Waals surface area contributed by atoms with Crippen LogP contribution >= 0.6 is 11.6 Å². The van der Waals surface area contributed by atoms with Gasteiger partial charge in [0.15, 0.2) is 5.60 Å². The summed E-state index contributed by atoms with van der Waals surface area (Å²) in [5, 5.41) is 15.0. The number of amides is 2. The summed E-state index contributed by atoms with van der Waals surface area (Å²) >= 11 is 6.00. The topological polar surface area (TPSA) is 82.5 Å². The number of hydrogen-bond donors (Lipinski definition) is 2. The van der Waals surface area contributed by atoms with Crippen LogP contribution in [0, 0.1) is 24.5 Å². The van der Waals surface area contributed by atoms with Gasteiger partial charge in [-0.05, 0) is 68.9 Å². The molecule has 0 radical (unpaired) electrons. The van der Waals surface area contributed by atoms with Gasteiger partial charge in [0.05, 0.1) is 22.0 Å². The number of rotatable bonds is 5. The molecule has 0 saturated heterocycles. The molecule has 3 aromatic rings. The molecule has 192 valence electrons. The van der Waals surface area contributed by atoms with Crippen molar-refractivity contribution in [2.45, 2.75) is 44.2 Å². The highest BCUT2D eigenvalue weighted by atomic mass is 35.5. The second-order valence-corrected chi connectivity index (χ2v) is 10.2. The number of fused-ring (bicyclic) bond motifs is 1. The van der Waals surface area contributed by atoms with Crippen LogP contribution < -0.4 is 10.2 Å². The van der Waals surface area contributed by atoms with E-state index in [1.54, 1.807) is 37.3 Å². The first-order valence-corrected chi connectivity index (χ1v) is 12.6. The van der Waals surface area contributed by atoms with Gasteiger partial charge >= 0.3 is 0 Å². The summed E-state index contributed by atoms with van der Waals surface area (Å²) in [6, 6.07) is 11.0. The molecule has 6 nitrogen and oxygen atoms in total. The number of carbonyl (C=O) groups is 2. The van der Waals surface area contributed by atoms with E-state index in [9.17, 15) is 23.5 Å². The number of hydrogen-bond acceptors (Lipinski definition) is 4. The zero-order chi connectivity index (χ0) is 26.3. The van der Waals surface area contributed by atoms with Crippen LogP contribution in [0.25, 0.3) is 0 Å². The number of nitrogens with one attached hydrogen (secondary N) is 1. The predicted molar refractivity (Wildman–Crippen MR) is 135 cm³/mol. The summed E-state index contributed by atoms with van der Waals surface area (Å²) in [5.41, 5.74) is -0.947. The van der Waals surface area contributed by atoms with Crippen LogP contribution in [-0.4, -0.2) is 34.5 Å². The molecular weight excluding hydrogens is 500 g/mol. The molecule has 1 aliphatic carbocycles. The van der Waals surface area contributed by atoms with Crippen molar-refractivity contribution < 1.29 is 23.5 Å². The zero-order valence-electron chi connectivity index (χ0n) is 20.2. The van der Waals surface area contributed by atoms with Crippen molar-refractivity contribution in [1.29, 1.82) is 0 Å². The molecule has 2 heterocycles. The average Bonchev–Trinajstić information content (AvgIpc) is 3.10. The minimum atomic E-state index is -2.31. The van der Waals surface area contributed by atoms with Crippen LogP contribution in [0.15, 0.2) is 54.7 Å². The fourth-order valence-corrected chi connectivity index (χ4v) is 5.56. The van der Waals surface area contributed by atoms with E-state index in [0.717, 1.165) is 43.9 Å². The SMILES string of the molecule is Cc1ncc(Cl)cc1C(=O)N[C@H]1CC[C@H](CN2C(=O)C(O)(c3cc(F)ccc3F)c3ccccc32)CC1. The summed E-state index contributed by atoms with van der Waals surface area (Å²) in [6.07, 6.45) is 4.43. The molecule has 2 N–H and O–H groups in total. The van der Waals surface area contributed by atoms with Crippen LogP contribution in [-0.2, 0) is 10.4 Å². The third kappa shape index (κ3) is 4.60. The highest BCUT2D eigenvalue weighted by Gasteiger charge is 2.52. The Balaban J connectivity index is 1.29. The smallest absolute Gasteiger partial charge is 0.268 e. The number of para-hydroxylation sites is 1. The Labute approximate surface area is 218 Å². The largest absolute Gasteiger partial charge is 0.372 e. The predicted octanol–water partition coefficient (Wildman–Crippen LogP) is 4.89. The Morgan fingerprint density at radius 1 is 1.14 bits per heavy atom. The van der Waals surface area contributed by atoms with Gasteiger partial charge in [-0.2, -0.15) is 0 Å². The van der Waals surface area contributed by atoms with Gasteiger partial charge in [0.25, 0.3) is 11.8 Å². The Morgan fingerprint density at radius 3 is 2.62 bits per heavy atom. The van der Waals surface area contributed by atoms with E-state index in [1.165, 1.54) is 11.1 Å². The van der Waals surface area contributed by atoms with E-state index in [2.05, 4.69) is 10.3 Å². The van der Waals surface area contributed by atoms with E-state index >= 15 is 0 Å². The van der Waals surface area contributed by atoms with Crippen molar-refractivity contribution in [1.82, 2.24) is 10.3 Å². The minimum absolute atomic E-state index is 0.0259. The van der Waals surface area contributed by atoms with E-state index in [-0.39, 0.29) is 23.4 Å². The second-order valence-electron chi connectivity index (χ2n) is 9.75. The monoisotopic (exact) mass is 525 g/mol. The van der Waals surface area contributed by atoms with E-state index in [0.29, 0.717) is 28.5 Å². The molecule has 2 aromatic carbocycles. The highest BCUT2D eigenvalue weighted by Crippen LogP contribution is 2.46. The number of halogens is 3. The summed E-state index contributed by atoms with van der Waals surface area (Å²) in [6.45, 7) is 2.08. The zero-order valence-corrected chi connectivity index (χ0v) is 20.9. The first-order valence-electron chi connectivity index (χ1n) is 12.2. The van der Waals surface area contributed by atoms with Crippen molar-refractivity contribution in [3.63, 3.8) is 0 Å². The lowest BCUT2D eigenvalue weighted by Gasteiger charge is -2.32. The van der Waals surface area contributed by atoms with E-state index in [1.807, 2.05) is 0 Å². The number of benzene rings is 2. The summed E-state index contributed by atoms with van der Waals surface area (Å²) in [4.78, 5) is 31.9. The van der Waals surface area contributed by atoms with Gasteiger partial charge in [0.2, 0.25) is 0 Å². The molecule has 5 rings (SSSR count). The second kappa shape index (κ2) is 9.84. The number of nitrogens with zero attached hydrogens (tertiary/aromatic N) is 2. The minimum Gasteiger partial charge on any atom is -0.372 e. The Morgan fingerprint density at radius 2 is 1.86 bits per heavy atom. The molecule has 0 spiro atoms. The molecular formula is C28H26ClF2N3O3. The molecule has 9 heteroatoms. The molecule has 1 aliphatic heterocycles. The molecule has 37 heavy (non-hydrogen) atoms. The van der Waals surface area contributed by atoms with Crippen molar-refractivity contribution in [2.75, 3.05) is 11.4 Å². The van der Waals surface area contributed by atoms with Crippen molar-refractivity contribution in [3.8, 4) is 0 Å². The fourth-order valence-electron chi connectivity index (χ4n) is 5.40. The van der Waals surface area contributed by atoms with Gasteiger partial charge in [0.1, 0.15) is 11.6 Å². The first-order chi connectivity index (χ1) is 17.7. The Kier molecular flexibility index (Phi) is 6.72. The van der Waals surface area contributed by atoms with E-state index < -0.39 is 28.7 Å². The third-order valence-corrected chi connectivity index (χ3v) is 7.59. The molecule has 1 saturated carbocycles. The number of pyridine rings is 1. The number of aryl methyl sites for hydroxylation is 1. The van der Waals surface area contributed by atoms with Crippen molar-refractivity contribution >= 4 is 29.1 Å². The Bertz CT molecular complexity index is 1380. The molecule has 2 aliphatic rings. The molecule has 1 atom stereocenters. The molecule has 1 aromatic heterocycles. The molecule has 1 fully saturated rings. The van der Waals surface area contributed by atoms with Crippen LogP contribution in [0.4, 0.5) is 14.5 Å². The summed E-state index contributed by atoms with van der Waals surface area (Å²) in [5.74, 6) is -2.40. The van der Waals surface area contributed by atoms with Crippen LogP contribution in [0.3, 0.4) is 0 Å². The van der Waals surface area contributed by atoms with Crippen LogP contribution in [0.2, 0.25) is 5.02 Å². The fraction of sp³-hybridized carbons (Fsp3) is 0.321. The lowest BCUT2D eigenvalue weighted by molar-refractivity contribution is -0.132. The van der Waals surface area contributed by atoms with Gasteiger partial charge in [-0.25, -0.2) is 8.78 Å². The van der Waals surface area contributed by atoms with Crippen LogP contribution in [0.1, 0.15) is 52.9 Å². The average molecular weight is 526 g/mol. The van der Waals surface area contributed by atoms with Crippen LogP contribution in [0.5, 0.6) is 0 Å². The van der Waals surface area contributed by atoms with Gasteiger partial charge in [-0.1, -0.05) is 29.8 Å². The summed E-state index contributed by atoms with van der Waals surface area (Å²) < 4.78 is 28.7. The van der Waals surface area contributed by atoms with E-state index in [4.69, 9.17) is 11.6 Å². The number of anilines is 1. The number of carbonyl (C=O) groups excluding carboxylic acids is 2. The Hall–Kier alpha value is -3.36. The van der Waals surface area contributed by atoms with Gasteiger partial charge in [0, 0.05) is 29.9 Å².